The van der Waals surface area contributed by atoms with Crippen molar-refractivity contribution >= 4 is 0 Å². The Bertz CT molecular complexity index is 509. The minimum Gasteiger partial charge on any atom is -0.508 e. The fourth-order valence-corrected chi connectivity index (χ4v) is 1.52. The fraction of sp³-hybridized carbons (Fsp3) is 0.286. The van der Waals surface area contributed by atoms with Crippen LogP contribution in [0.2, 0.25) is 0 Å². The zero-order chi connectivity index (χ0) is 11.4. The number of aromatic hydroxyl groups is 1. The van der Waals surface area contributed by atoms with Crippen molar-refractivity contribution in [2.24, 2.45) is 0 Å². The van der Waals surface area contributed by atoms with E-state index < -0.39 is 6.10 Å². The molecule has 1 atom stereocenters. The average molecular weight is 212 g/mol. The number of fused-ring (bicyclic) bond motifs is 1. The van der Waals surface area contributed by atoms with Crippen LogP contribution >= 0.6 is 0 Å². The summed E-state index contributed by atoms with van der Waals surface area (Å²) in [6.07, 6.45) is 1.67. The van der Waals surface area contributed by atoms with Gasteiger partial charge in [0.2, 0.25) is 0 Å². The van der Waals surface area contributed by atoms with E-state index in [-0.39, 0.29) is 5.75 Å². The molecule has 2 rings (SSSR count). The van der Waals surface area contributed by atoms with Gasteiger partial charge < -0.3 is 10.2 Å². The first-order valence-corrected chi connectivity index (χ1v) is 5.27. The van der Waals surface area contributed by atoms with Gasteiger partial charge in [-0.2, -0.15) is 0 Å². The van der Waals surface area contributed by atoms with E-state index in [0.29, 0.717) is 6.42 Å². The molecule has 2 heteroatoms. The molecule has 1 aromatic rings. The lowest BCUT2D eigenvalue weighted by Crippen LogP contribution is -2.02. The third kappa shape index (κ3) is 2.57. The van der Waals surface area contributed by atoms with E-state index in [1.54, 1.807) is 18.2 Å². The maximum Gasteiger partial charge on any atom is 0.116 e. The van der Waals surface area contributed by atoms with Gasteiger partial charge in [-0.05, 0) is 31.0 Å². The number of rotatable bonds is 0. The Labute approximate surface area is 94.9 Å². The quantitative estimate of drug-likeness (QED) is 0.642. The minimum absolute atomic E-state index is 0.187. The van der Waals surface area contributed by atoms with E-state index in [1.165, 1.54) is 0 Å². The van der Waals surface area contributed by atoms with Gasteiger partial charge in [0.25, 0.3) is 0 Å². The molecule has 1 aliphatic rings. The van der Waals surface area contributed by atoms with Crippen molar-refractivity contribution in [3.63, 3.8) is 0 Å². The smallest absolute Gasteiger partial charge is 0.116 e. The van der Waals surface area contributed by atoms with Gasteiger partial charge in [0.05, 0.1) is 0 Å². The Morgan fingerprint density at radius 3 is 2.94 bits per heavy atom. The highest BCUT2D eigenvalue weighted by Gasteiger charge is 2.02. The summed E-state index contributed by atoms with van der Waals surface area (Å²) in [5, 5.41) is 18.9. The Hall–Kier alpha value is -1.90. The molecule has 0 spiro atoms. The summed E-state index contributed by atoms with van der Waals surface area (Å²) in [6, 6.07) is 4.90. The van der Waals surface area contributed by atoms with Gasteiger partial charge in [-0.1, -0.05) is 23.7 Å². The molecular formula is C14H12O2. The Balaban J connectivity index is 2.46. The van der Waals surface area contributed by atoms with E-state index >= 15 is 0 Å². The molecule has 0 heterocycles. The van der Waals surface area contributed by atoms with Crippen LogP contribution < -0.4 is 0 Å². The number of phenols is 1. The normalized spacial score (nSPS) is 18.4. The van der Waals surface area contributed by atoms with Crippen LogP contribution in [0.3, 0.4) is 0 Å². The standard InChI is InChI=1S/C14H12O2/c15-13-5-3-1-2-4-12-10-14(16)9-7-11(12)6-8-13/h7,9-10,13,15-16H,1,3,5H2/t13-/m0/s1. The molecule has 2 nitrogen and oxygen atoms in total. The van der Waals surface area contributed by atoms with Gasteiger partial charge in [-0.3, -0.25) is 0 Å². The molecule has 1 aromatic carbocycles. The molecule has 16 heavy (non-hydrogen) atoms. The van der Waals surface area contributed by atoms with Crippen LogP contribution in [0.5, 0.6) is 5.75 Å². The first-order chi connectivity index (χ1) is 7.75. The van der Waals surface area contributed by atoms with Gasteiger partial charge in [-0.15, -0.1) is 0 Å². The molecule has 0 saturated heterocycles. The molecule has 0 radical (unpaired) electrons. The molecule has 1 aliphatic carbocycles. The molecule has 80 valence electrons. The van der Waals surface area contributed by atoms with Crippen LogP contribution in [-0.2, 0) is 0 Å². The van der Waals surface area contributed by atoms with Gasteiger partial charge in [0, 0.05) is 17.5 Å². The van der Waals surface area contributed by atoms with Gasteiger partial charge in [-0.25, -0.2) is 0 Å². The Morgan fingerprint density at radius 1 is 1.19 bits per heavy atom. The van der Waals surface area contributed by atoms with E-state index in [0.717, 1.165) is 24.0 Å². The van der Waals surface area contributed by atoms with E-state index in [2.05, 4.69) is 23.7 Å². The van der Waals surface area contributed by atoms with Crippen LogP contribution in [-0.4, -0.2) is 16.3 Å². The molecule has 0 bridgehead atoms. The van der Waals surface area contributed by atoms with Crippen molar-refractivity contribution in [1.82, 2.24) is 0 Å². The molecule has 0 saturated carbocycles. The van der Waals surface area contributed by atoms with E-state index in [9.17, 15) is 10.2 Å². The lowest BCUT2D eigenvalue weighted by molar-refractivity contribution is 0.219. The number of aliphatic hydroxyl groups is 1. The van der Waals surface area contributed by atoms with Gasteiger partial charge >= 0.3 is 0 Å². The summed E-state index contributed by atoms with van der Waals surface area (Å²) in [5.74, 6) is 11.9. The molecule has 0 aliphatic heterocycles. The lowest BCUT2D eigenvalue weighted by atomic mass is 10.0. The number of aliphatic hydroxyl groups excluding tert-OH is 1. The number of hydrogen-bond donors (Lipinski definition) is 2. The van der Waals surface area contributed by atoms with Crippen LogP contribution in [0.1, 0.15) is 30.4 Å². The SMILES string of the molecule is Oc1ccc2c(c1)C#CCCC[C@H](O)C#C2. The van der Waals surface area contributed by atoms with Crippen LogP contribution in [0.4, 0.5) is 0 Å². The van der Waals surface area contributed by atoms with Crippen LogP contribution in [0.15, 0.2) is 18.2 Å². The Kier molecular flexibility index (Phi) is 3.15. The molecular weight excluding hydrogens is 200 g/mol. The highest BCUT2D eigenvalue weighted by Crippen LogP contribution is 2.15. The summed E-state index contributed by atoms with van der Waals surface area (Å²) in [6.45, 7) is 0. The predicted molar refractivity (Wildman–Crippen MR) is 61.7 cm³/mol. The van der Waals surface area contributed by atoms with Crippen molar-refractivity contribution < 1.29 is 10.2 Å². The summed E-state index contributed by atoms with van der Waals surface area (Å²) in [5.41, 5.74) is 1.48. The summed E-state index contributed by atoms with van der Waals surface area (Å²) in [4.78, 5) is 0. The number of benzene rings is 1. The highest BCUT2D eigenvalue weighted by atomic mass is 16.3. The van der Waals surface area contributed by atoms with Crippen molar-refractivity contribution in [2.75, 3.05) is 0 Å². The summed E-state index contributed by atoms with van der Waals surface area (Å²) >= 11 is 0. The zero-order valence-electron chi connectivity index (χ0n) is 8.83. The molecule has 0 aromatic heterocycles. The molecule has 0 amide bonds. The molecule has 0 fully saturated rings. The van der Waals surface area contributed by atoms with Crippen molar-refractivity contribution in [3.05, 3.63) is 29.3 Å². The average Bonchev–Trinajstić information content (AvgIpc) is 2.27. The second-order valence-electron chi connectivity index (χ2n) is 3.71. The zero-order valence-corrected chi connectivity index (χ0v) is 8.83. The van der Waals surface area contributed by atoms with Crippen molar-refractivity contribution in [3.8, 4) is 29.4 Å². The van der Waals surface area contributed by atoms with Crippen molar-refractivity contribution in [1.29, 1.82) is 0 Å². The summed E-state index contributed by atoms with van der Waals surface area (Å²) < 4.78 is 0. The van der Waals surface area contributed by atoms with Crippen molar-refractivity contribution in [2.45, 2.75) is 25.4 Å². The number of hydrogen-bond acceptors (Lipinski definition) is 2. The largest absolute Gasteiger partial charge is 0.508 e. The maximum atomic E-state index is 9.54. The summed E-state index contributed by atoms with van der Waals surface area (Å²) in [7, 11) is 0. The van der Waals surface area contributed by atoms with E-state index in [4.69, 9.17) is 0 Å². The minimum atomic E-state index is -0.582. The Morgan fingerprint density at radius 2 is 2.06 bits per heavy atom. The third-order valence-electron chi connectivity index (χ3n) is 2.38. The fourth-order valence-electron chi connectivity index (χ4n) is 1.52. The molecule has 2 N–H and O–H groups in total. The van der Waals surface area contributed by atoms with E-state index in [1.807, 2.05) is 0 Å². The van der Waals surface area contributed by atoms with Crippen LogP contribution in [0.25, 0.3) is 0 Å². The monoisotopic (exact) mass is 212 g/mol. The number of phenolic OH excluding ortho intramolecular Hbond substituents is 1. The maximum absolute atomic E-state index is 9.54. The third-order valence-corrected chi connectivity index (χ3v) is 2.38. The first kappa shape index (κ1) is 10.6. The molecule has 0 unspecified atom stereocenters. The topological polar surface area (TPSA) is 40.5 Å². The highest BCUT2D eigenvalue weighted by molar-refractivity contribution is 5.53. The first-order valence-electron chi connectivity index (χ1n) is 5.27. The predicted octanol–water partition coefficient (Wildman–Crippen LogP) is 1.64. The van der Waals surface area contributed by atoms with Gasteiger partial charge in [0.1, 0.15) is 11.9 Å². The lowest BCUT2D eigenvalue weighted by Gasteiger charge is -2.03. The second-order valence-corrected chi connectivity index (χ2v) is 3.71. The van der Waals surface area contributed by atoms with Crippen LogP contribution in [0, 0.1) is 23.7 Å². The second kappa shape index (κ2) is 4.75. The van der Waals surface area contributed by atoms with Gasteiger partial charge in [0.15, 0.2) is 0 Å².